The van der Waals surface area contributed by atoms with Crippen LogP contribution in [-0.4, -0.2) is 26.0 Å². The lowest BCUT2D eigenvalue weighted by molar-refractivity contribution is 0.574. The molecule has 100 valence electrons. The second-order valence-corrected chi connectivity index (χ2v) is 8.39. The van der Waals surface area contributed by atoms with E-state index in [4.69, 9.17) is 0 Å². The van der Waals surface area contributed by atoms with E-state index in [1.807, 2.05) is 17.8 Å². The van der Waals surface area contributed by atoms with Crippen LogP contribution in [-0.2, 0) is 10.0 Å². The predicted molar refractivity (Wildman–Crippen MR) is 79.4 cm³/mol. The van der Waals surface area contributed by atoms with Gasteiger partial charge in [0.1, 0.15) is 0 Å². The first-order chi connectivity index (χ1) is 8.58. The Balaban J connectivity index is 1.98. The third kappa shape index (κ3) is 3.98. The minimum atomic E-state index is -3.38. The standard InChI is InChI=1S/C12H16BrNO2S2/c13-10-4-3-6-12(8-10)18(15,16)14-9-11-5-1-2-7-17-11/h3-4,6,8,11,14H,1-2,5,7,9H2. The first kappa shape index (κ1) is 14.4. The van der Waals surface area contributed by atoms with Crippen LogP contribution in [0.4, 0.5) is 0 Å². The molecule has 0 amide bonds. The van der Waals surface area contributed by atoms with E-state index in [-0.39, 0.29) is 0 Å². The van der Waals surface area contributed by atoms with Gasteiger partial charge >= 0.3 is 0 Å². The maximum atomic E-state index is 12.1. The molecule has 1 saturated heterocycles. The minimum absolute atomic E-state index is 0.317. The van der Waals surface area contributed by atoms with E-state index < -0.39 is 10.0 Å². The summed E-state index contributed by atoms with van der Waals surface area (Å²) in [5.74, 6) is 1.14. The van der Waals surface area contributed by atoms with E-state index >= 15 is 0 Å². The highest BCUT2D eigenvalue weighted by Gasteiger charge is 2.19. The normalized spacial score (nSPS) is 20.8. The molecule has 3 nitrogen and oxygen atoms in total. The van der Waals surface area contributed by atoms with Crippen LogP contribution in [0.1, 0.15) is 19.3 Å². The van der Waals surface area contributed by atoms with E-state index in [9.17, 15) is 8.42 Å². The van der Waals surface area contributed by atoms with Crippen molar-refractivity contribution >= 4 is 37.7 Å². The van der Waals surface area contributed by atoms with Crippen molar-refractivity contribution in [3.8, 4) is 0 Å². The van der Waals surface area contributed by atoms with Gasteiger partial charge in [0.2, 0.25) is 10.0 Å². The Morgan fingerprint density at radius 1 is 1.39 bits per heavy atom. The van der Waals surface area contributed by atoms with Gasteiger partial charge in [0.05, 0.1) is 4.90 Å². The van der Waals surface area contributed by atoms with Gasteiger partial charge in [0, 0.05) is 16.3 Å². The smallest absolute Gasteiger partial charge is 0.210 e. The summed E-state index contributed by atoms with van der Waals surface area (Å²) in [7, 11) is -3.38. The predicted octanol–water partition coefficient (Wildman–Crippen LogP) is 3.01. The van der Waals surface area contributed by atoms with Gasteiger partial charge in [-0.3, -0.25) is 0 Å². The van der Waals surface area contributed by atoms with Gasteiger partial charge in [0.25, 0.3) is 0 Å². The van der Waals surface area contributed by atoms with Crippen LogP contribution in [0.3, 0.4) is 0 Å². The first-order valence-electron chi connectivity index (χ1n) is 5.95. The maximum absolute atomic E-state index is 12.1. The summed E-state index contributed by atoms with van der Waals surface area (Å²) in [5, 5.41) is 0.417. The summed E-state index contributed by atoms with van der Waals surface area (Å²) in [6.45, 7) is 0.527. The van der Waals surface area contributed by atoms with Crippen LogP contribution in [0, 0.1) is 0 Å². The summed E-state index contributed by atoms with van der Waals surface area (Å²) >= 11 is 5.15. The summed E-state index contributed by atoms with van der Waals surface area (Å²) in [4.78, 5) is 0.317. The molecule has 1 aromatic rings. The highest BCUT2D eigenvalue weighted by molar-refractivity contribution is 9.10. The van der Waals surface area contributed by atoms with Crippen LogP contribution in [0.5, 0.6) is 0 Å². The zero-order valence-corrected chi connectivity index (χ0v) is 13.2. The molecule has 0 spiro atoms. The van der Waals surface area contributed by atoms with E-state index in [0.29, 0.717) is 16.7 Å². The lowest BCUT2D eigenvalue weighted by atomic mass is 10.2. The topological polar surface area (TPSA) is 46.2 Å². The third-order valence-electron chi connectivity index (χ3n) is 2.88. The van der Waals surface area contributed by atoms with Crippen molar-refractivity contribution in [3.63, 3.8) is 0 Å². The summed E-state index contributed by atoms with van der Waals surface area (Å²) < 4.78 is 27.6. The minimum Gasteiger partial charge on any atom is -0.210 e. The molecule has 1 unspecified atom stereocenters. The van der Waals surface area contributed by atoms with Gasteiger partial charge in [-0.1, -0.05) is 28.4 Å². The van der Waals surface area contributed by atoms with Crippen molar-refractivity contribution < 1.29 is 8.42 Å². The lowest BCUT2D eigenvalue weighted by Gasteiger charge is -2.21. The number of thioether (sulfide) groups is 1. The zero-order valence-electron chi connectivity index (χ0n) is 9.93. The van der Waals surface area contributed by atoms with Crippen LogP contribution in [0.25, 0.3) is 0 Å². The molecule has 1 fully saturated rings. The van der Waals surface area contributed by atoms with Gasteiger partial charge in [0.15, 0.2) is 0 Å². The van der Waals surface area contributed by atoms with E-state index in [1.54, 1.807) is 18.2 Å². The van der Waals surface area contributed by atoms with Crippen molar-refractivity contribution in [3.05, 3.63) is 28.7 Å². The molecule has 0 aromatic heterocycles. The van der Waals surface area contributed by atoms with Gasteiger partial charge < -0.3 is 0 Å². The van der Waals surface area contributed by atoms with E-state index in [2.05, 4.69) is 20.7 Å². The summed E-state index contributed by atoms with van der Waals surface area (Å²) in [5.41, 5.74) is 0. The quantitative estimate of drug-likeness (QED) is 0.908. The van der Waals surface area contributed by atoms with Crippen molar-refractivity contribution in [2.45, 2.75) is 29.4 Å². The Labute approximate surface area is 121 Å². The second-order valence-electron chi connectivity index (χ2n) is 4.30. The Morgan fingerprint density at radius 2 is 2.22 bits per heavy atom. The molecule has 6 heteroatoms. The SMILES string of the molecule is O=S(=O)(NCC1CCCCS1)c1cccc(Br)c1. The molecule has 1 aromatic carbocycles. The van der Waals surface area contributed by atoms with Crippen molar-refractivity contribution in [1.29, 1.82) is 0 Å². The van der Waals surface area contributed by atoms with Crippen molar-refractivity contribution in [2.75, 3.05) is 12.3 Å². The monoisotopic (exact) mass is 349 g/mol. The molecule has 2 rings (SSSR count). The molecule has 0 radical (unpaired) electrons. The van der Waals surface area contributed by atoms with E-state index in [0.717, 1.165) is 16.6 Å². The molecule has 1 aliphatic rings. The molecular weight excluding hydrogens is 334 g/mol. The average molecular weight is 350 g/mol. The molecule has 0 saturated carbocycles. The number of nitrogens with one attached hydrogen (secondary N) is 1. The fourth-order valence-electron chi connectivity index (χ4n) is 1.89. The first-order valence-corrected chi connectivity index (χ1v) is 9.27. The largest absolute Gasteiger partial charge is 0.240 e. The van der Waals surface area contributed by atoms with Crippen LogP contribution in [0.2, 0.25) is 0 Å². The molecule has 1 atom stereocenters. The molecule has 1 aliphatic heterocycles. The average Bonchev–Trinajstić information content (AvgIpc) is 2.38. The second kappa shape index (κ2) is 6.41. The number of halogens is 1. The van der Waals surface area contributed by atoms with Gasteiger partial charge in [-0.15, -0.1) is 0 Å². The Kier molecular flexibility index (Phi) is 5.12. The molecule has 0 aliphatic carbocycles. The Morgan fingerprint density at radius 3 is 2.89 bits per heavy atom. The van der Waals surface area contributed by atoms with Crippen molar-refractivity contribution in [2.24, 2.45) is 0 Å². The molecule has 18 heavy (non-hydrogen) atoms. The molecule has 1 heterocycles. The number of rotatable bonds is 4. The maximum Gasteiger partial charge on any atom is 0.240 e. The summed E-state index contributed by atoms with van der Waals surface area (Å²) in [6, 6.07) is 6.78. The van der Waals surface area contributed by atoms with E-state index in [1.165, 1.54) is 12.8 Å². The van der Waals surface area contributed by atoms with Crippen LogP contribution < -0.4 is 4.72 Å². The van der Waals surface area contributed by atoms with Crippen molar-refractivity contribution in [1.82, 2.24) is 4.72 Å². The number of hydrogen-bond donors (Lipinski definition) is 1. The number of sulfonamides is 1. The zero-order chi connectivity index (χ0) is 13.0. The Bertz CT molecular complexity index is 499. The van der Waals surface area contributed by atoms with Gasteiger partial charge in [-0.05, 0) is 36.8 Å². The Hall–Kier alpha value is -0.0400. The fraction of sp³-hybridized carbons (Fsp3) is 0.500. The van der Waals surface area contributed by atoms with Gasteiger partial charge in [-0.2, -0.15) is 11.8 Å². The lowest BCUT2D eigenvalue weighted by Crippen LogP contribution is -2.31. The molecule has 0 bridgehead atoms. The van der Waals surface area contributed by atoms with Crippen LogP contribution >= 0.6 is 27.7 Å². The third-order valence-corrected chi connectivity index (χ3v) is 6.19. The highest BCUT2D eigenvalue weighted by atomic mass is 79.9. The number of benzene rings is 1. The molecular formula is C12H16BrNO2S2. The fourth-order valence-corrected chi connectivity index (χ4v) is 4.91. The highest BCUT2D eigenvalue weighted by Crippen LogP contribution is 2.25. The number of hydrogen-bond acceptors (Lipinski definition) is 3. The molecule has 1 N–H and O–H groups in total. The van der Waals surface area contributed by atoms with Gasteiger partial charge in [-0.25, -0.2) is 13.1 Å². The van der Waals surface area contributed by atoms with Crippen LogP contribution in [0.15, 0.2) is 33.6 Å². The summed E-state index contributed by atoms with van der Waals surface area (Å²) in [6.07, 6.45) is 3.56.